The Balaban J connectivity index is 2.23. The summed E-state index contributed by atoms with van der Waals surface area (Å²) in [5.74, 6) is -0.139. The Kier molecular flexibility index (Phi) is 5.13. The highest BCUT2D eigenvalue weighted by molar-refractivity contribution is 9.10. The molecule has 0 radical (unpaired) electrons. The molecular formula is C15H17BrFNS. The Hall–Kier alpha value is -0.710. The maximum Gasteiger partial charge on any atom is 0.126 e. The van der Waals surface area contributed by atoms with Gasteiger partial charge in [-0.05, 0) is 55.8 Å². The standard InChI is InChI=1S/C15H17BrFNS/c1-3-18-14(15-7-4-10(2)19-15)9-11-8-12(16)5-6-13(11)17/h4-8,14,18H,3,9H2,1-2H3. The number of benzene rings is 1. The van der Waals surface area contributed by atoms with Gasteiger partial charge in [0, 0.05) is 20.3 Å². The molecule has 1 unspecified atom stereocenters. The molecule has 0 aliphatic carbocycles. The summed E-state index contributed by atoms with van der Waals surface area (Å²) in [6, 6.07) is 9.52. The van der Waals surface area contributed by atoms with Crippen LogP contribution < -0.4 is 5.32 Å². The summed E-state index contributed by atoms with van der Waals surface area (Å²) < 4.78 is 14.8. The fourth-order valence-electron chi connectivity index (χ4n) is 2.08. The molecule has 19 heavy (non-hydrogen) atoms. The van der Waals surface area contributed by atoms with Gasteiger partial charge in [-0.25, -0.2) is 4.39 Å². The summed E-state index contributed by atoms with van der Waals surface area (Å²) in [4.78, 5) is 2.55. The molecule has 0 spiro atoms. The first-order valence-corrected chi connectivity index (χ1v) is 7.94. The Morgan fingerprint density at radius 2 is 2.11 bits per heavy atom. The van der Waals surface area contributed by atoms with Crippen LogP contribution in [0.2, 0.25) is 0 Å². The number of hydrogen-bond donors (Lipinski definition) is 1. The second kappa shape index (κ2) is 6.64. The fraction of sp³-hybridized carbons (Fsp3) is 0.333. The van der Waals surface area contributed by atoms with E-state index in [1.165, 1.54) is 15.8 Å². The Labute approximate surface area is 126 Å². The van der Waals surface area contributed by atoms with E-state index in [0.29, 0.717) is 6.42 Å². The number of thiophene rings is 1. The lowest BCUT2D eigenvalue weighted by molar-refractivity contribution is 0.534. The van der Waals surface area contributed by atoms with Crippen molar-refractivity contribution in [3.8, 4) is 0 Å². The molecule has 1 heterocycles. The second-order valence-electron chi connectivity index (χ2n) is 4.50. The van der Waals surface area contributed by atoms with Gasteiger partial charge in [0.25, 0.3) is 0 Å². The lowest BCUT2D eigenvalue weighted by atomic mass is 10.0. The van der Waals surface area contributed by atoms with E-state index in [-0.39, 0.29) is 11.9 Å². The molecule has 1 aromatic heterocycles. The summed E-state index contributed by atoms with van der Waals surface area (Å²) in [7, 11) is 0. The molecule has 0 fully saturated rings. The first-order chi connectivity index (χ1) is 9.10. The Bertz CT molecular complexity index is 553. The minimum absolute atomic E-state index is 0.139. The SMILES string of the molecule is CCNC(Cc1cc(Br)ccc1F)c1ccc(C)s1. The van der Waals surface area contributed by atoms with Crippen molar-refractivity contribution < 1.29 is 4.39 Å². The molecule has 1 N–H and O–H groups in total. The lowest BCUT2D eigenvalue weighted by Crippen LogP contribution is -2.22. The molecular weight excluding hydrogens is 325 g/mol. The molecule has 2 rings (SSSR count). The van der Waals surface area contributed by atoms with Crippen LogP contribution in [0.25, 0.3) is 0 Å². The zero-order valence-electron chi connectivity index (χ0n) is 11.0. The summed E-state index contributed by atoms with van der Waals surface area (Å²) in [6.45, 7) is 5.04. The van der Waals surface area contributed by atoms with Gasteiger partial charge in [-0.15, -0.1) is 11.3 Å². The van der Waals surface area contributed by atoms with Gasteiger partial charge in [0.15, 0.2) is 0 Å². The number of rotatable bonds is 5. The monoisotopic (exact) mass is 341 g/mol. The Morgan fingerprint density at radius 1 is 1.32 bits per heavy atom. The minimum atomic E-state index is -0.139. The van der Waals surface area contributed by atoms with E-state index >= 15 is 0 Å². The van der Waals surface area contributed by atoms with Gasteiger partial charge in [0.2, 0.25) is 0 Å². The predicted molar refractivity (Wildman–Crippen MR) is 83.3 cm³/mol. The van der Waals surface area contributed by atoms with Crippen molar-refractivity contribution in [3.05, 3.63) is 55.9 Å². The van der Waals surface area contributed by atoms with Crippen LogP contribution in [-0.2, 0) is 6.42 Å². The smallest absolute Gasteiger partial charge is 0.126 e. The van der Waals surface area contributed by atoms with Crippen molar-refractivity contribution >= 4 is 27.3 Å². The fourth-order valence-corrected chi connectivity index (χ4v) is 3.44. The third-order valence-electron chi connectivity index (χ3n) is 2.99. The summed E-state index contributed by atoms with van der Waals surface area (Å²) in [5, 5.41) is 3.44. The third-order valence-corrected chi connectivity index (χ3v) is 4.59. The van der Waals surface area contributed by atoms with Crippen LogP contribution in [0.1, 0.15) is 28.3 Å². The van der Waals surface area contributed by atoms with E-state index in [2.05, 4.69) is 47.2 Å². The highest BCUT2D eigenvalue weighted by Gasteiger charge is 2.15. The van der Waals surface area contributed by atoms with Crippen molar-refractivity contribution in [2.24, 2.45) is 0 Å². The highest BCUT2D eigenvalue weighted by atomic mass is 79.9. The molecule has 0 bridgehead atoms. The zero-order valence-corrected chi connectivity index (χ0v) is 13.4. The Morgan fingerprint density at radius 3 is 2.74 bits per heavy atom. The van der Waals surface area contributed by atoms with Crippen LogP contribution in [0.15, 0.2) is 34.8 Å². The van der Waals surface area contributed by atoms with Crippen LogP contribution >= 0.6 is 27.3 Å². The molecule has 2 aromatic rings. The van der Waals surface area contributed by atoms with Crippen LogP contribution in [0.5, 0.6) is 0 Å². The maximum atomic E-state index is 13.8. The van der Waals surface area contributed by atoms with Gasteiger partial charge in [0.05, 0.1) is 0 Å². The van der Waals surface area contributed by atoms with Crippen LogP contribution in [-0.4, -0.2) is 6.54 Å². The van der Waals surface area contributed by atoms with Crippen molar-refractivity contribution in [1.29, 1.82) is 0 Å². The van der Waals surface area contributed by atoms with E-state index in [1.54, 1.807) is 17.4 Å². The number of halogens is 2. The normalized spacial score (nSPS) is 12.6. The highest BCUT2D eigenvalue weighted by Crippen LogP contribution is 2.27. The van der Waals surface area contributed by atoms with Crippen molar-refractivity contribution in [1.82, 2.24) is 5.32 Å². The third kappa shape index (κ3) is 3.88. The number of nitrogens with one attached hydrogen (secondary N) is 1. The quantitative estimate of drug-likeness (QED) is 0.819. The molecule has 1 nitrogen and oxygen atoms in total. The van der Waals surface area contributed by atoms with E-state index in [0.717, 1.165) is 16.6 Å². The van der Waals surface area contributed by atoms with Gasteiger partial charge in [0.1, 0.15) is 5.82 Å². The van der Waals surface area contributed by atoms with Gasteiger partial charge in [-0.3, -0.25) is 0 Å². The van der Waals surface area contributed by atoms with Crippen molar-refractivity contribution in [2.45, 2.75) is 26.3 Å². The molecule has 1 atom stereocenters. The van der Waals surface area contributed by atoms with Gasteiger partial charge in [-0.2, -0.15) is 0 Å². The lowest BCUT2D eigenvalue weighted by Gasteiger charge is -2.17. The van der Waals surface area contributed by atoms with E-state index in [9.17, 15) is 4.39 Å². The summed E-state index contributed by atoms with van der Waals surface area (Å²) >= 11 is 5.17. The van der Waals surface area contributed by atoms with Crippen molar-refractivity contribution in [2.75, 3.05) is 6.54 Å². The van der Waals surface area contributed by atoms with Gasteiger partial charge >= 0.3 is 0 Å². The second-order valence-corrected chi connectivity index (χ2v) is 6.73. The maximum absolute atomic E-state index is 13.8. The largest absolute Gasteiger partial charge is 0.309 e. The van der Waals surface area contributed by atoms with E-state index < -0.39 is 0 Å². The molecule has 0 saturated carbocycles. The predicted octanol–water partition coefficient (Wildman–Crippen LogP) is 4.85. The molecule has 102 valence electrons. The number of likely N-dealkylation sites (N-methyl/N-ethyl adjacent to an activating group) is 1. The molecule has 4 heteroatoms. The van der Waals surface area contributed by atoms with E-state index in [4.69, 9.17) is 0 Å². The average molecular weight is 342 g/mol. The molecule has 0 aliphatic heterocycles. The molecule has 1 aromatic carbocycles. The zero-order chi connectivity index (χ0) is 13.8. The van der Waals surface area contributed by atoms with Gasteiger partial charge in [-0.1, -0.05) is 22.9 Å². The van der Waals surface area contributed by atoms with E-state index in [1.807, 2.05) is 6.07 Å². The summed E-state index contributed by atoms with van der Waals surface area (Å²) in [5.41, 5.74) is 0.742. The molecule has 0 amide bonds. The first-order valence-electron chi connectivity index (χ1n) is 6.33. The van der Waals surface area contributed by atoms with Gasteiger partial charge < -0.3 is 5.32 Å². The molecule has 0 aliphatic rings. The van der Waals surface area contributed by atoms with Crippen LogP contribution in [0.4, 0.5) is 4.39 Å². The topological polar surface area (TPSA) is 12.0 Å². The molecule has 0 saturated heterocycles. The average Bonchev–Trinajstić information content (AvgIpc) is 2.80. The number of aryl methyl sites for hydroxylation is 1. The van der Waals surface area contributed by atoms with Crippen LogP contribution in [0, 0.1) is 12.7 Å². The van der Waals surface area contributed by atoms with Crippen LogP contribution in [0.3, 0.4) is 0 Å². The minimum Gasteiger partial charge on any atom is -0.309 e. The number of hydrogen-bond acceptors (Lipinski definition) is 2. The van der Waals surface area contributed by atoms with Crippen molar-refractivity contribution in [3.63, 3.8) is 0 Å². The summed E-state index contributed by atoms with van der Waals surface area (Å²) in [6.07, 6.45) is 0.666. The first kappa shape index (κ1) is 14.7.